The second-order valence-corrected chi connectivity index (χ2v) is 8.44. The molecule has 0 radical (unpaired) electrons. The molecule has 10 heteroatoms. The molecule has 1 aromatic heterocycles. The Morgan fingerprint density at radius 2 is 1.93 bits per heavy atom. The molecule has 1 saturated heterocycles. The highest BCUT2D eigenvalue weighted by Crippen LogP contribution is 2.11. The van der Waals surface area contributed by atoms with E-state index < -0.39 is 21.5 Å². The first-order valence-corrected chi connectivity index (χ1v) is 10.4. The Morgan fingerprint density at radius 3 is 2.50 bits per heavy atom. The number of pyridine rings is 1. The summed E-state index contributed by atoms with van der Waals surface area (Å²) in [5.74, 6) is -0.508. The van der Waals surface area contributed by atoms with Gasteiger partial charge in [0.05, 0.1) is 4.90 Å². The van der Waals surface area contributed by atoms with Gasteiger partial charge in [-0.2, -0.15) is 0 Å². The van der Waals surface area contributed by atoms with E-state index in [1.165, 1.54) is 18.2 Å². The molecule has 1 atom stereocenters. The van der Waals surface area contributed by atoms with E-state index in [0.717, 1.165) is 25.2 Å². The molecule has 1 amide bonds. The highest BCUT2D eigenvalue weighted by atomic mass is 32.2. The summed E-state index contributed by atoms with van der Waals surface area (Å²) in [5, 5.41) is 7.69. The van der Waals surface area contributed by atoms with Gasteiger partial charge in [0.15, 0.2) is 0 Å². The zero-order valence-corrected chi connectivity index (χ0v) is 16.0. The Kier molecular flexibility index (Phi) is 5.94. The van der Waals surface area contributed by atoms with Crippen molar-refractivity contribution in [3.8, 4) is 0 Å². The summed E-state index contributed by atoms with van der Waals surface area (Å²) in [6, 6.07) is 9.22. The molecule has 1 aliphatic rings. The van der Waals surface area contributed by atoms with Crippen molar-refractivity contribution in [3.05, 3.63) is 63.6 Å². The average molecular weight is 405 g/mol. The summed E-state index contributed by atoms with van der Waals surface area (Å²) in [6.07, 6.45) is 0.933. The summed E-state index contributed by atoms with van der Waals surface area (Å²) < 4.78 is 22.5. The number of amides is 1. The van der Waals surface area contributed by atoms with Crippen LogP contribution >= 0.6 is 0 Å². The monoisotopic (exact) mass is 405 g/mol. The van der Waals surface area contributed by atoms with E-state index in [9.17, 15) is 18.0 Å². The van der Waals surface area contributed by atoms with Crippen LogP contribution in [0.15, 0.2) is 46.1 Å². The number of likely N-dealkylation sites (tertiary alicyclic amines) is 1. The molecule has 1 aromatic carbocycles. The second-order valence-electron chi connectivity index (χ2n) is 6.88. The van der Waals surface area contributed by atoms with Crippen LogP contribution in [0.4, 0.5) is 0 Å². The van der Waals surface area contributed by atoms with Crippen LogP contribution in [0.3, 0.4) is 0 Å². The molecule has 0 spiro atoms. The fourth-order valence-corrected chi connectivity index (χ4v) is 3.62. The first kappa shape index (κ1) is 20.2. The average Bonchev–Trinajstić information content (AvgIpc) is 3.04. The lowest BCUT2D eigenvalue weighted by atomic mass is 10.2. The third-order valence-electron chi connectivity index (χ3n) is 4.62. The topological polar surface area (TPSA) is 151 Å². The van der Waals surface area contributed by atoms with Gasteiger partial charge in [-0.15, -0.1) is 0 Å². The van der Waals surface area contributed by atoms with Gasteiger partial charge in [-0.1, -0.05) is 12.1 Å². The van der Waals surface area contributed by atoms with Crippen LogP contribution in [0, 0.1) is 0 Å². The number of aromatic amines is 1. The molecule has 0 aliphatic carbocycles. The number of H-pyrrole nitrogens is 1. The predicted molar refractivity (Wildman–Crippen MR) is 104 cm³/mol. The SMILES string of the molecule is N[C@H]1CCN(Cc2ccc(C(=O)NCc3ccc(S(N)(=O)=O)cc3)c(=O)[nH]2)C1. The summed E-state index contributed by atoms with van der Waals surface area (Å²) in [5.41, 5.74) is 6.85. The highest BCUT2D eigenvalue weighted by molar-refractivity contribution is 7.89. The Morgan fingerprint density at radius 1 is 1.21 bits per heavy atom. The van der Waals surface area contributed by atoms with Crippen molar-refractivity contribution in [1.82, 2.24) is 15.2 Å². The van der Waals surface area contributed by atoms with Gasteiger partial charge in [0.2, 0.25) is 10.0 Å². The lowest BCUT2D eigenvalue weighted by Crippen LogP contribution is -2.31. The number of nitrogens with one attached hydrogen (secondary N) is 2. The van der Waals surface area contributed by atoms with Gasteiger partial charge in [0, 0.05) is 37.9 Å². The van der Waals surface area contributed by atoms with E-state index in [2.05, 4.69) is 15.2 Å². The number of nitrogens with zero attached hydrogens (tertiary/aromatic N) is 1. The zero-order chi connectivity index (χ0) is 20.3. The minimum atomic E-state index is -3.76. The minimum Gasteiger partial charge on any atom is -0.348 e. The number of hydrogen-bond donors (Lipinski definition) is 4. The summed E-state index contributed by atoms with van der Waals surface area (Å²) in [4.78, 5) is 29.4. The lowest BCUT2D eigenvalue weighted by molar-refractivity contribution is 0.0949. The van der Waals surface area contributed by atoms with E-state index in [-0.39, 0.29) is 23.0 Å². The molecule has 150 valence electrons. The molecule has 9 nitrogen and oxygen atoms in total. The van der Waals surface area contributed by atoms with E-state index >= 15 is 0 Å². The standard InChI is InChI=1S/C18H23N5O4S/c19-13-7-8-23(10-13)11-14-3-6-16(18(25)22-14)17(24)21-9-12-1-4-15(5-2-12)28(20,26)27/h1-6,13H,7-11,19H2,(H,21,24)(H,22,25)(H2,20,26,27)/t13-/m0/s1. The van der Waals surface area contributed by atoms with Crippen molar-refractivity contribution in [3.63, 3.8) is 0 Å². The summed E-state index contributed by atoms with van der Waals surface area (Å²) in [6.45, 7) is 2.40. The minimum absolute atomic E-state index is 0.00596. The van der Waals surface area contributed by atoms with Gasteiger partial charge in [-0.05, 0) is 36.2 Å². The molecule has 1 fully saturated rings. The molecule has 0 bridgehead atoms. The number of sulfonamides is 1. The normalized spacial score (nSPS) is 17.6. The maximum absolute atomic E-state index is 12.3. The van der Waals surface area contributed by atoms with Crippen LogP contribution in [0.1, 0.15) is 28.0 Å². The Labute approximate surface area is 162 Å². The summed E-state index contributed by atoms with van der Waals surface area (Å²) in [7, 11) is -3.76. The van der Waals surface area contributed by atoms with Gasteiger partial charge in [-0.3, -0.25) is 14.5 Å². The van der Waals surface area contributed by atoms with E-state index in [4.69, 9.17) is 10.9 Å². The largest absolute Gasteiger partial charge is 0.348 e. The predicted octanol–water partition coefficient (Wildman–Crippen LogP) is -0.515. The van der Waals surface area contributed by atoms with Crippen molar-refractivity contribution in [1.29, 1.82) is 0 Å². The van der Waals surface area contributed by atoms with Crippen molar-refractivity contribution in [2.24, 2.45) is 10.9 Å². The molecule has 2 heterocycles. The molecular weight excluding hydrogens is 382 g/mol. The Bertz CT molecular complexity index is 1020. The molecule has 2 aromatic rings. The van der Waals surface area contributed by atoms with E-state index in [1.807, 2.05) is 0 Å². The zero-order valence-electron chi connectivity index (χ0n) is 15.2. The summed E-state index contributed by atoms with van der Waals surface area (Å²) >= 11 is 0. The molecule has 0 unspecified atom stereocenters. The van der Waals surface area contributed by atoms with Crippen LogP contribution in [-0.4, -0.2) is 43.3 Å². The number of primary sulfonamides is 1. The molecule has 1 aliphatic heterocycles. The molecular formula is C18H23N5O4S. The Hall–Kier alpha value is -2.53. The van der Waals surface area contributed by atoms with Crippen LogP contribution in [0.5, 0.6) is 0 Å². The van der Waals surface area contributed by atoms with Crippen molar-refractivity contribution >= 4 is 15.9 Å². The second kappa shape index (κ2) is 8.23. The maximum atomic E-state index is 12.3. The number of carbonyl (C=O) groups excluding carboxylic acids is 1. The van der Waals surface area contributed by atoms with Crippen LogP contribution in [0.25, 0.3) is 0 Å². The lowest BCUT2D eigenvalue weighted by Gasteiger charge is -2.15. The van der Waals surface area contributed by atoms with Crippen LogP contribution in [-0.2, 0) is 23.1 Å². The number of rotatable bonds is 6. The first-order chi connectivity index (χ1) is 13.2. The van der Waals surface area contributed by atoms with Crippen molar-refractivity contribution < 1.29 is 13.2 Å². The first-order valence-electron chi connectivity index (χ1n) is 8.82. The fraction of sp³-hybridized carbons (Fsp3) is 0.333. The van der Waals surface area contributed by atoms with Gasteiger partial charge in [0.25, 0.3) is 11.5 Å². The number of nitrogens with two attached hydrogens (primary N) is 2. The third kappa shape index (κ3) is 5.04. The molecule has 6 N–H and O–H groups in total. The van der Waals surface area contributed by atoms with Gasteiger partial charge in [-0.25, -0.2) is 13.6 Å². The van der Waals surface area contributed by atoms with Crippen molar-refractivity contribution in [2.75, 3.05) is 13.1 Å². The van der Waals surface area contributed by atoms with Gasteiger partial charge in [0.1, 0.15) is 5.56 Å². The van der Waals surface area contributed by atoms with Crippen LogP contribution in [0.2, 0.25) is 0 Å². The van der Waals surface area contributed by atoms with E-state index in [0.29, 0.717) is 12.1 Å². The number of aromatic nitrogens is 1. The van der Waals surface area contributed by atoms with E-state index in [1.54, 1.807) is 18.2 Å². The maximum Gasteiger partial charge on any atom is 0.261 e. The highest BCUT2D eigenvalue weighted by Gasteiger charge is 2.19. The fourth-order valence-electron chi connectivity index (χ4n) is 3.11. The molecule has 0 saturated carbocycles. The number of benzene rings is 1. The van der Waals surface area contributed by atoms with Crippen molar-refractivity contribution in [2.45, 2.75) is 30.4 Å². The molecule has 28 heavy (non-hydrogen) atoms. The number of carbonyl (C=O) groups is 1. The molecule has 3 rings (SSSR count). The van der Waals surface area contributed by atoms with Gasteiger partial charge < -0.3 is 16.0 Å². The quantitative estimate of drug-likeness (QED) is 0.508. The van der Waals surface area contributed by atoms with Crippen LogP contribution < -0.4 is 21.7 Å². The van der Waals surface area contributed by atoms with Gasteiger partial charge >= 0.3 is 0 Å². The smallest absolute Gasteiger partial charge is 0.261 e. The third-order valence-corrected chi connectivity index (χ3v) is 5.55. The Balaban J connectivity index is 1.60. The number of hydrogen-bond acceptors (Lipinski definition) is 6.